The average Bonchev–Trinajstić information content (AvgIpc) is 2.92. The van der Waals surface area contributed by atoms with Crippen LogP contribution < -0.4 is 14.7 Å². The van der Waals surface area contributed by atoms with E-state index in [0.29, 0.717) is 11.3 Å². The average molecular weight is 366 g/mol. The van der Waals surface area contributed by atoms with Gasteiger partial charge in [0.15, 0.2) is 11.5 Å². The van der Waals surface area contributed by atoms with Crippen molar-refractivity contribution in [2.24, 2.45) is 0 Å². The fourth-order valence-electron chi connectivity index (χ4n) is 3.03. The van der Waals surface area contributed by atoms with Gasteiger partial charge in [0.1, 0.15) is 12.4 Å². The van der Waals surface area contributed by atoms with E-state index in [2.05, 4.69) is 0 Å². The fraction of sp³-hybridized carbons (Fsp3) is 0.150. The number of hydrogen-bond donors (Lipinski definition) is 1. The second-order valence-electron chi connectivity index (χ2n) is 5.96. The summed E-state index contributed by atoms with van der Waals surface area (Å²) in [5.74, 6) is -2.72. The van der Waals surface area contributed by atoms with Crippen LogP contribution in [-0.2, 0) is 14.4 Å². The number of amides is 1. The van der Waals surface area contributed by atoms with Crippen LogP contribution >= 0.6 is 0 Å². The number of Topliss-reactive ketones (excluding diaryl/α,β-unsaturated/α-hetero) is 1. The summed E-state index contributed by atoms with van der Waals surface area (Å²) >= 11 is 0. The third kappa shape index (κ3) is 3.52. The van der Waals surface area contributed by atoms with Crippen LogP contribution in [-0.4, -0.2) is 29.4 Å². The van der Waals surface area contributed by atoms with Crippen LogP contribution in [0, 0.1) is 0 Å². The van der Waals surface area contributed by atoms with Crippen LogP contribution in [0.15, 0.2) is 65.9 Å². The Kier molecular flexibility index (Phi) is 4.94. The molecule has 0 aromatic heterocycles. The number of rotatable bonds is 6. The number of nitrogens with zero attached hydrogens (tertiary/aromatic N) is 1. The zero-order valence-electron chi connectivity index (χ0n) is 14.4. The maximum atomic E-state index is 12.7. The van der Waals surface area contributed by atoms with E-state index in [1.54, 1.807) is 36.4 Å². The second-order valence-corrected chi connectivity index (χ2v) is 5.96. The van der Waals surface area contributed by atoms with Gasteiger partial charge in [-0.25, -0.2) is 0 Å². The Balaban J connectivity index is 1.99. The number of aliphatic hydroxyl groups is 1. The smallest absolute Gasteiger partial charge is 0.294 e. The molecule has 0 aliphatic carbocycles. The number of aliphatic hydroxyl groups excluding tert-OH is 1. The van der Waals surface area contributed by atoms with E-state index in [1.807, 2.05) is 6.07 Å². The van der Waals surface area contributed by atoms with Gasteiger partial charge in [0.2, 0.25) is 0 Å². The number of carboxylic acid groups (broad SMARTS) is 1. The molecule has 1 aliphatic heterocycles. The zero-order valence-corrected chi connectivity index (χ0v) is 14.4. The highest BCUT2D eigenvalue weighted by Crippen LogP contribution is 2.41. The summed E-state index contributed by atoms with van der Waals surface area (Å²) in [6, 6.07) is 14.2. The van der Waals surface area contributed by atoms with Crippen molar-refractivity contribution < 1.29 is 29.3 Å². The van der Waals surface area contributed by atoms with Crippen LogP contribution in [0.3, 0.4) is 0 Å². The molecule has 3 rings (SSSR count). The van der Waals surface area contributed by atoms with Crippen molar-refractivity contribution in [3.8, 4) is 5.75 Å². The first-order chi connectivity index (χ1) is 12.9. The second kappa shape index (κ2) is 7.33. The molecule has 1 amide bonds. The summed E-state index contributed by atoms with van der Waals surface area (Å²) in [6.07, 6.45) is 0. The lowest BCUT2D eigenvalue weighted by Crippen LogP contribution is -2.31. The van der Waals surface area contributed by atoms with E-state index in [0.717, 1.165) is 0 Å². The molecule has 2 aromatic rings. The number of ether oxygens (including phenoxy) is 1. The number of carbonyl (C=O) groups excluding carboxylic acids is 3. The van der Waals surface area contributed by atoms with Crippen molar-refractivity contribution in [1.29, 1.82) is 0 Å². The molecule has 1 aliphatic rings. The molecule has 2 aromatic carbocycles. The minimum absolute atomic E-state index is 0.0310. The van der Waals surface area contributed by atoms with E-state index < -0.39 is 36.1 Å². The highest BCUT2D eigenvalue weighted by Gasteiger charge is 2.43. The Morgan fingerprint density at radius 1 is 1.11 bits per heavy atom. The molecule has 0 spiro atoms. The van der Waals surface area contributed by atoms with Gasteiger partial charge in [-0.05, 0) is 36.8 Å². The fourth-order valence-corrected chi connectivity index (χ4v) is 3.03. The van der Waals surface area contributed by atoms with Gasteiger partial charge < -0.3 is 19.7 Å². The van der Waals surface area contributed by atoms with Crippen LogP contribution in [0.1, 0.15) is 18.5 Å². The van der Waals surface area contributed by atoms with Crippen LogP contribution in [0.5, 0.6) is 5.75 Å². The number of aliphatic carboxylic acids is 1. The molecule has 1 N–H and O–H groups in total. The van der Waals surface area contributed by atoms with Gasteiger partial charge >= 0.3 is 0 Å². The minimum atomic E-state index is -1.35. The molecule has 7 nitrogen and oxygen atoms in total. The standard InChI is InChI=1S/C20H17NO6/c1-12(22)17-18(13-5-3-2-4-6-13)21(20(26)19(17)25)14-7-9-15(10-8-14)27-11-16(23)24/h2-10,18,25H,11H2,1H3,(H,23,24)/p-1/t18-/m1/s1. The normalized spacial score (nSPS) is 16.6. The van der Waals surface area contributed by atoms with Gasteiger partial charge in [-0.3, -0.25) is 14.5 Å². The monoisotopic (exact) mass is 366 g/mol. The number of hydrogen-bond acceptors (Lipinski definition) is 6. The lowest BCUT2D eigenvalue weighted by Gasteiger charge is -2.26. The lowest BCUT2D eigenvalue weighted by molar-refractivity contribution is -0.307. The third-order valence-corrected chi connectivity index (χ3v) is 4.17. The molecule has 27 heavy (non-hydrogen) atoms. The topological polar surface area (TPSA) is 107 Å². The Morgan fingerprint density at radius 2 is 1.74 bits per heavy atom. The number of carbonyl (C=O) groups is 3. The Hall–Kier alpha value is -3.61. The first-order valence-corrected chi connectivity index (χ1v) is 8.15. The summed E-state index contributed by atoms with van der Waals surface area (Å²) in [6.45, 7) is 0.709. The largest absolute Gasteiger partial charge is 0.546 e. The molecule has 0 bridgehead atoms. The molecule has 0 unspecified atom stereocenters. The van der Waals surface area contributed by atoms with Crippen molar-refractivity contribution in [3.05, 3.63) is 71.5 Å². The third-order valence-electron chi connectivity index (χ3n) is 4.17. The Bertz CT molecular complexity index is 917. The summed E-state index contributed by atoms with van der Waals surface area (Å²) < 4.78 is 5.02. The van der Waals surface area contributed by atoms with Crippen LogP contribution in [0.25, 0.3) is 0 Å². The molecule has 1 atom stereocenters. The molecular weight excluding hydrogens is 350 g/mol. The lowest BCUT2D eigenvalue weighted by atomic mass is 9.96. The molecule has 0 saturated heterocycles. The van der Waals surface area contributed by atoms with Gasteiger partial charge in [-0.2, -0.15) is 0 Å². The van der Waals surface area contributed by atoms with E-state index >= 15 is 0 Å². The Morgan fingerprint density at radius 3 is 2.30 bits per heavy atom. The minimum Gasteiger partial charge on any atom is -0.546 e. The number of ketones is 1. The number of anilines is 1. The van der Waals surface area contributed by atoms with Crippen molar-refractivity contribution in [1.82, 2.24) is 0 Å². The van der Waals surface area contributed by atoms with Crippen molar-refractivity contribution >= 4 is 23.3 Å². The number of carboxylic acids is 1. The highest BCUT2D eigenvalue weighted by molar-refractivity contribution is 6.16. The van der Waals surface area contributed by atoms with Crippen molar-refractivity contribution in [2.75, 3.05) is 11.5 Å². The summed E-state index contributed by atoms with van der Waals surface area (Å²) in [4.78, 5) is 36.5. The van der Waals surface area contributed by atoms with Gasteiger partial charge in [0.25, 0.3) is 5.91 Å². The maximum Gasteiger partial charge on any atom is 0.294 e. The molecule has 0 saturated carbocycles. The van der Waals surface area contributed by atoms with E-state index in [4.69, 9.17) is 4.74 Å². The van der Waals surface area contributed by atoms with E-state index in [-0.39, 0.29) is 11.3 Å². The highest BCUT2D eigenvalue weighted by atomic mass is 16.5. The molecule has 138 valence electrons. The summed E-state index contributed by atoms with van der Waals surface area (Å²) in [5, 5.41) is 20.7. The predicted molar refractivity (Wildman–Crippen MR) is 93.9 cm³/mol. The molecular formula is C20H16NO6-. The first kappa shape index (κ1) is 18.2. The van der Waals surface area contributed by atoms with E-state index in [9.17, 15) is 24.6 Å². The Labute approximate surface area is 155 Å². The van der Waals surface area contributed by atoms with Gasteiger partial charge in [-0.15, -0.1) is 0 Å². The van der Waals surface area contributed by atoms with Gasteiger partial charge in [0, 0.05) is 5.69 Å². The van der Waals surface area contributed by atoms with Gasteiger partial charge in [0.05, 0.1) is 17.6 Å². The number of benzene rings is 2. The molecule has 0 radical (unpaired) electrons. The SMILES string of the molecule is CC(=O)C1=C(O)C(=O)N(c2ccc(OCC(=O)[O-])cc2)[C@@H]1c1ccccc1. The van der Waals surface area contributed by atoms with Crippen molar-refractivity contribution in [2.45, 2.75) is 13.0 Å². The summed E-state index contributed by atoms with van der Waals surface area (Å²) in [7, 11) is 0. The first-order valence-electron chi connectivity index (χ1n) is 8.15. The quantitative estimate of drug-likeness (QED) is 0.826. The molecule has 1 heterocycles. The van der Waals surface area contributed by atoms with Crippen LogP contribution in [0.4, 0.5) is 5.69 Å². The molecule has 0 fully saturated rings. The molecule has 7 heteroatoms. The van der Waals surface area contributed by atoms with Crippen molar-refractivity contribution in [3.63, 3.8) is 0 Å². The maximum absolute atomic E-state index is 12.7. The van der Waals surface area contributed by atoms with E-state index in [1.165, 1.54) is 24.0 Å². The summed E-state index contributed by atoms with van der Waals surface area (Å²) in [5.41, 5.74) is 1.14. The van der Waals surface area contributed by atoms with Crippen LogP contribution in [0.2, 0.25) is 0 Å². The predicted octanol–water partition coefficient (Wildman–Crippen LogP) is 1.30. The van der Waals surface area contributed by atoms with Gasteiger partial charge in [-0.1, -0.05) is 30.3 Å². The zero-order chi connectivity index (χ0) is 19.6.